The van der Waals surface area contributed by atoms with Crippen LogP contribution in [0.1, 0.15) is 21.6 Å². The fourth-order valence-corrected chi connectivity index (χ4v) is 2.86. The Morgan fingerprint density at radius 3 is 2.77 bits per heavy atom. The zero-order valence-corrected chi connectivity index (χ0v) is 14.7. The van der Waals surface area contributed by atoms with Gasteiger partial charge in [0.1, 0.15) is 5.75 Å². The molecule has 0 radical (unpaired) electrons. The monoisotopic (exact) mass is 367 g/mol. The molecule has 3 aromatic rings. The van der Waals surface area contributed by atoms with Crippen LogP contribution in [-0.4, -0.2) is 33.3 Å². The highest BCUT2D eigenvalue weighted by molar-refractivity contribution is 7.17. The number of anilines is 1. The van der Waals surface area contributed by atoms with Crippen LogP contribution in [-0.2, 0) is 0 Å². The van der Waals surface area contributed by atoms with Crippen molar-refractivity contribution >= 4 is 22.4 Å². The lowest BCUT2D eigenvalue weighted by molar-refractivity contribution is 0.102. The van der Waals surface area contributed by atoms with Crippen LogP contribution >= 0.6 is 11.3 Å². The molecule has 0 aliphatic carbocycles. The summed E-state index contributed by atoms with van der Waals surface area (Å²) in [6.45, 7) is 1.80. The minimum Gasteiger partial charge on any atom is -0.496 e. The molecule has 0 aliphatic heterocycles. The number of methoxy groups -OCH3 is 1. The van der Waals surface area contributed by atoms with Crippen molar-refractivity contribution in [1.29, 1.82) is 5.26 Å². The number of aromatic nitrogens is 3. The summed E-state index contributed by atoms with van der Waals surface area (Å²) in [6.07, 6.45) is 1.44. The molecule has 2 aromatic heterocycles. The van der Waals surface area contributed by atoms with Gasteiger partial charge in [-0.3, -0.25) is 15.1 Å². The van der Waals surface area contributed by atoms with E-state index in [4.69, 9.17) is 4.74 Å². The molecule has 3 rings (SSSR count). The molecular weight excluding hydrogens is 354 g/mol. The minimum absolute atomic E-state index is 0.164. The van der Waals surface area contributed by atoms with E-state index in [0.717, 1.165) is 11.3 Å². The van der Waals surface area contributed by atoms with Crippen molar-refractivity contribution in [2.45, 2.75) is 6.92 Å². The number of hydrogen-bond donors (Lipinski definition) is 2. The highest BCUT2D eigenvalue weighted by Crippen LogP contribution is 2.34. The van der Waals surface area contributed by atoms with Gasteiger partial charge >= 0.3 is 0 Å². The van der Waals surface area contributed by atoms with Crippen molar-refractivity contribution in [3.63, 3.8) is 0 Å². The highest BCUT2D eigenvalue weighted by atomic mass is 32.1. The number of pyridine rings is 1. The summed E-state index contributed by atoms with van der Waals surface area (Å²) in [5.41, 5.74) is 2.59. The van der Waals surface area contributed by atoms with Crippen molar-refractivity contribution in [2.24, 2.45) is 0 Å². The van der Waals surface area contributed by atoms with Gasteiger partial charge < -0.3 is 9.84 Å². The number of aromatic hydroxyl groups is 1. The van der Waals surface area contributed by atoms with E-state index in [0.29, 0.717) is 28.1 Å². The third-order valence-electron chi connectivity index (χ3n) is 3.54. The second-order valence-corrected chi connectivity index (χ2v) is 6.20. The number of hydrogen-bond acceptors (Lipinski definition) is 8. The summed E-state index contributed by atoms with van der Waals surface area (Å²) in [5, 5.41) is 28.0. The quantitative estimate of drug-likeness (QED) is 0.727. The Bertz CT molecular complexity index is 1030. The van der Waals surface area contributed by atoms with Gasteiger partial charge in [-0.1, -0.05) is 5.10 Å². The van der Waals surface area contributed by atoms with Crippen molar-refractivity contribution in [3.8, 4) is 28.1 Å². The average Bonchev–Trinajstić information content (AvgIpc) is 3.05. The molecule has 0 saturated heterocycles. The van der Waals surface area contributed by atoms with Crippen molar-refractivity contribution in [1.82, 2.24) is 15.2 Å². The summed E-state index contributed by atoms with van der Waals surface area (Å²) in [4.78, 5) is 16.9. The Kier molecular flexibility index (Phi) is 4.77. The molecular formula is C17H13N5O3S. The van der Waals surface area contributed by atoms with E-state index < -0.39 is 5.91 Å². The predicted molar refractivity (Wildman–Crippen MR) is 95.2 cm³/mol. The van der Waals surface area contributed by atoms with Crippen molar-refractivity contribution in [3.05, 3.63) is 47.3 Å². The Morgan fingerprint density at radius 1 is 1.31 bits per heavy atom. The van der Waals surface area contributed by atoms with Gasteiger partial charge in [-0.15, -0.1) is 5.10 Å². The Hall–Kier alpha value is -3.51. The summed E-state index contributed by atoms with van der Waals surface area (Å²) in [7, 11) is 1.52. The fraction of sp³-hybridized carbons (Fsp3) is 0.118. The fourth-order valence-electron chi connectivity index (χ4n) is 2.38. The molecule has 2 N–H and O–H groups in total. The molecule has 1 amide bonds. The summed E-state index contributed by atoms with van der Waals surface area (Å²) in [6, 6.07) is 8.79. The number of nitrogens with one attached hydrogen (secondary N) is 1. The minimum atomic E-state index is -0.465. The Balaban J connectivity index is 2.09. The number of carbonyl (C=O) groups excluding carboxylic acids is 1. The van der Waals surface area contributed by atoms with Gasteiger partial charge in [0.15, 0.2) is 0 Å². The SMILES string of the molecule is COc1ccc(C#N)cc1-c1cc(C)ncc1C(=O)Nc1nnc(O)s1. The number of ether oxygens (including phenoxy) is 1. The number of nitrogens with zero attached hydrogens (tertiary/aromatic N) is 4. The topological polar surface area (TPSA) is 121 Å². The third-order valence-corrected chi connectivity index (χ3v) is 4.18. The van der Waals surface area contributed by atoms with Crippen LogP contribution in [0.3, 0.4) is 0 Å². The first-order valence-electron chi connectivity index (χ1n) is 7.41. The zero-order chi connectivity index (χ0) is 18.7. The van der Waals surface area contributed by atoms with E-state index in [1.165, 1.54) is 13.3 Å². The van der Waals surface area contributed by atoms with Gasteiger partial charge in [0, 0.05) is 23.0 Å². The lowest BCUT2D eigenvalue weighted by atomic mass is 9.97. The van der Waals surface area contributed by atoms with E-state index in [-0.39, 0.29) is 15.9 Å². The standard InChI is InChI=1S/C17H13N5O3S/c1-9-5-11(12-6-10(7-18)3-4-14(12)25-2)13(8-19-9)15(23)20-16-21-22-17(24)26-16/h3-6,8H,1-2H3,(H,22,24)(H,20,21,23). The number of rotatable bonds is 4. The largest absolute Gasteiger partial charge is 0.496 e. The van der Waals surface area contributed by atoms with Crippen molar-refractivity contribution in [2.75, 3.05) is 12.4 Å². The normalized spacial score (nSPS) is 10.2. The number of benzene rings is 1. The Labute approximate surface area is 152 Å². The van der Waals surface area contributed by atoms with E-state index >= 15 is 0 Å². The number of amides is 1. The summed E-state index contributed by atoms with van der Waals surface area (Å²) < 4.78 is 5.38. The van der Waals surface area contributed by atoms with Crippen LogP contribution in [0.5, 0.6) is 10.9 Å². The third kappa shape index (κ3) is 3.45. The second kappa shape index (κ2) is 7.16. The molecule has 0 spiro atoms. The van der Waals surface area contributed by atoms with E-state index in [1.807, 2.05) is 0 Å². The van der Waals surface area contributed by atoms with Crippen LogP contribution < -0.4 is 10.1 Å². The van der Waals surface area contributed by atoms with E-state index in [1.54, 1.807) is 31.2 Å². The molecule has 9 heteroatoms. The van der Waals surface area contributed by atoms with Gasteiger partial charge in [-0.2, -0.15) is 5.26 Å². The molecule has 8 nitrogen and oxygen atoms in total. The van der Waals surface area contributed by atoms with Crippen LogP contribution in [0.25, 0.3) is 11.1 Å². The van der Waals surface area contributed by atoms with E-state index in [2.05, 4.69) is 26.6 Å². The lowest BCUT2D eigenvalue weighted by Crippen LogP contribution is -2.14. The maximum atomic E-state index is 12.7. The van der Waals surface area contributed by atoms with Gasteiger partial charge in [0.25, 0.3) is 11.1 Å². The Morgan fingerprint density at radius 2 is 2.12 bits per heavy atom. The maximum absolute atomic E-state index is 12.7. The molecule has 0 saturated carbocycles. The van der Waals surface area contributed by atoms with Gasteiger partial charge in [0.05, 0.1) is 24.3 Å². The van der Waals surface area contributed by atoms with Crippen LogP contribution in [0.4, 0.5) is 5.13 Å². The number of carbonyl (C=O) groups is 1. The first kappa shape index (κ1) is 17.3. The van der Waals surface area contributed by atoms with Gasteiger partial charge in [0.2, 0.25) is 5.13 Å². The molecule has 2 heterocycles. The molecule has 0 bridgehead atoms. The lowest BCUT2D eigenvalue weighted by Gasteiger charge is -2.13. The predicted octanol–water partition coefficient (Wildman–Crippen LogP) is 2.75. The maximum Gasteiger partial charge on any atom is 0.293 e. The first-order chi connectivity index (χ1) is 12.5. The number of aryl methyl sites for hydroxylation is 1. The molecule has 0 atom stereocenters. The van der Waals surface area contributed by atoms with Gasteiger partial charge in [-0.05, 0) is 42.5 Å². The average molecular weight is 367 g/mol. The first-order valence-corrected chi connectivity index (χ1v) is 8.22. The molecule has 1 aromatic carbocycles. The molecule has 0 unspecified atom stereocenters. The molecule has 0 aliphatic rings. The van der Waals surface area contributed by atoms with Crippen LogP contribution in [0, 0.1) is 18.3 Å². The van der Waals surface area contributed by atoms with Crippen LogP contribution in [0.15, 0.2) is 30.5 Å². The molecule has 26 heavy (non-hydrogen) atoms. The smallest absolute Gasteiger partial charge is 0.293 e. The zero-order valence-electron chi connectivity index (χ0n) is 13.8. The second-order valence-electron chi connectivity index (χ2n) is 5.24. The number of nitriles is 1. The van der Waals surface area contributed by atoms with Gasteiger partial charge in [-0.25, -0.2) is 0 Å². The summed E-state index contributed by atoms with van der Waals surface area (Å²) in [5.74, 6) is 0.0604. The van der Waals surface area contributed by atoms with Crippen LogP contribution in [0.2, 0.25) is 0 Å². The summed E-state index contributed by atoms with van der Waals surface area (Å²) >= 11 is 0.843. The molecule has 130 valence electrons. The van der Waals surface area contributed by atoms with E-state index in [9.17, 15) is 15.2 Å². The molecule has 0 fully saturated rings. The highest BCUT2D eigenvalue weighted by Gasteiger charge is 2.19. The van der Waals surface area contributed by atoms with Crippen molar-refractivity contribution < 1.29 is 14.6 Å².